The van der Waals surface area contributed by atoms with Crippen LogP contribution in [-0.4, -0.2) is 34.2 Å². The molecule has 142 valence electrons. The van der Waals surface area contributed by atoms with Crippen LogP contribution in [0.4, 0.5) is 0 Å². The molecule has 4 rings (SSSR count). The van der Waals surface area contributed by atoms with Crippen molar-refractivity contribution in [2.75, 3.05) is 13.3 Å². The largest absolute Gasteiger partial charge is 0.454 e. The highest BCUT2D eigenvalue weighted by Crippen LogP contribution is 2.32. The van der Waals surface area contributed by atoms with Crippen LogP contribution < -0.4 is 14.9 Å². The van der Waals surface area contributed by atoms with Crippen molar-refractivity contribution in [2.45, 2.75) is 13.0 Å². The van der Waals surface area contributed by atoms with E-state index in [1.807, 2.05) is 35.3 Å². The van der Waals surface area contributed by atoms with Crippen molar-refractivity contribution in [3.8, 4) is 11.5 Å². The zero-order valence-corrected chi connectivity index (χ0v) is 15.2. The van der Waals surface area contributed by atoms with E-state index in [1.165, 1.54) is 0 Å². The van der Waals surface area contributed by atoms with Gasteiger partial charge in [0.1, 0.15) is 0 Å². The second kappa shape index (κ2) is 8.49. The van der Waals surface area contributed by atoms with Gasteiger partial charge in [-0.15, -0.1) is 0 Å². The Balaban J connectivity index is 1.45. The third-order valence-electron chi connectivity index (χ3n) is 4.41. The maximum atomic E-state index is 12.6. The number of aromatic nitrogens is 2. The topological polar surface area (TPSA) is 76.6 Å². The summed E-state index contributed by atoms with van der Waals surface area (Å²) in [6.07, 6.45) is 7.43. The van der Waals surface area contributed by atoms with Crippen molar-refractivity contribution in [2.24, 2.45) is 0 Å². The predicted molar refractivity (Wildman–Crippen MR) is 103 cm³/mol. The summed E-state index contributed by atoms with van der Waals surface area (Å²) < 4.78 is 10.8. The molecule has 7 nitrogen and oxygen atoms in total. The fourth-order valence-corrected chi connectivity index (χ4v) is 2.95. The Morgan fingerprint density at radius 3 is 2.68 bits per heavy atom. The Morgan fingerprint density at radius 2 is 1.86 bits per heavy atom. The molecular weight excluding hydrogens is 356 g/mol. The number of amides is 1. The molecule has 3 aromatic rings. The van der Waals surface area contributed by atoms with Crippen LogP contribution in [0.3, 0.4) is 0 Å². The van der Waals surface area contributed by atoms with Gasteiger partial charge < -0.3 is 9.47 Å². The third kappa shape index (κ3) is 4.44. The first-order chi connectivity index (χ1) is 13.8. The van der Waals surface area contributed by atoms with Gasteiger partial charge in [-0.1, -0.05) is 6.07 Å². The van der Waals surface area contributed by atoms with Crippen LogP contribution in [0, 0.1) is 0 Å². The molecule has 1 aromatic carbocycles. The molecule has 2 aromatic heterocycles. The number of carbonyl (C=O) groups excluding carboxylic acids is 1. The monoisotopic (exact) mass is 376 g/mol. The molecule has 1 N–H and O–H groups in total. The molecule has 1 aliphatic rings. The summed E-state index contributed by atoms with van der Waals surface area (Å²) in [4.78, 5) is 20.6. The maximum Gasteiger partial charge on any atom is 0.267 e. The maximum absolute atomic E-state index is 12.6. The van der Waals surface area contributed by atoms with Crippen LogP contribution in [0.2, 0.25) is 0 Å². The van der Waals surface area contributed by atoms with Crippen LogP contribution in [0.25, 0.3) is 0 Å². The zero-order chi connectivity index (χ0) is 19.2. The lowest BCUT2D eigenvalue weighted by molar-refractivity contribution is 0.0776. The molecule has 28 heavy (non-hydrogen) atoms. The number of rotatable bonds is 7. The Bertz CT molecular complexity index is 935. The highest BCUT2D eigenvalue weighted by atomic mass is 16.7. The molecule has 1 amide bonds. The van der Waals surface area contributed by atoms with Gasteiger partial charge in [-0.25, -0.2) is 5.01 Å². The number of pyridine rings is 2. The van der Waals surface area contributed by atoms with Crippen molar-refractivity contribution in [1.82, 2.24) is 20.4 Å². The summed E-state index contributed by atoms with van der Waals surface area (Å²) in [6, 6.07) is 13.3. The molecule has 0 bridgehead atoms. The summed E-state index contributed by atoms with van der Waals surface area (Å²) >= 11 is 0. The van der Waals surface area contributed by atoms with Crippen LogP contribution >= 0.6 is 0 Å². The van der Waals surface area contributed by atoms with Crippen molar-refractivity contribution < 1.29 is 14.3 Å². The third-order valence-corrected chi connectivity index (χ3v) is 4.41. The quantitative estimate of drug-likeness (QED) is 0.639. The minimum atomic E-state index is -0.187. The average molecular weight is 376 g/mol. The Kier molecular flexibility index (Phi) is 5.44. The molecule has 1 aliphatic heterocycles. The van der Waals surface area contributed by atoms with Crippen LogP contribution in [0.15, 0.2) is 67.3 Å². The second-order valence-electron chi connectivity index (χ2n) is 6.40. The van der Waals surface area contributed by atoms with E-state index in [0.29, 0.717) is 18.7 Å². The summed E-state index contributed by atoms with van der Waals surface area (Å²) in [6.45, 7) is 1.46. The Hall–Kier alpha value is -3.45. The average Bonchev–Trinajstić information content (AvgIpc) is 3.21. The minimum Gasteiger partial charge on any atom is -0.454 e. The Labute approximate surface area is 162 Å². The molecular formula is C21H20N4O3. The molecule has 0 atom stereocenters. The lowest BCUT2D eigenvalue weighted by Crippen LogP contribution is -2.42. The number of carbonyl (C=O) groups is 1. The molecule has 0 saturated carbocycles. The van der Waals surface area contributed by atoms with E-state index in [9.17, 15) is 4.79 Å². The molecule has 0 radical (unpaired) electrons. The van der Waals surface area contributed by atoms with Gasteiger partial charge in [-0.05, 0) is 53.9 Å². The number of hydrogen-bond acceptors (Lipinski definition) is 6. The van der Waals surface area contributed by atoms with Gasteiger partial charge in [0.15, 0.2) is 11.5 Å². The van der Waals surface area contributed by atoms with E-state index in [0.717, 1.165) is 29.0 Å². The van der Waals surface area contributed by atoms with Crippen molar-refractivity contribution in [3.05, 3.63) is 83.9 Å². The molecule has 0 unspecified atom stereocenters. The number of nitrogens with zero attached hydrogens (tertiary/aromatic N) is 3. The van der Waals surface area contributed by atoms with E-state index in [1.54, 1.807) is 36.9 Å². The lowest BCUT2D eigenvalue weighted by atomic mass is 10.1. The molecule has 0 fully saturated rings. The first-order valence-electron chi connectivity index (χ1n) is 9.01. The molecule has 0 spiro atoms. The highest BCUT2D eigenvalue weighted by Gasteiger charge is 2.15. The minimum absolute atomic E-state index is 0.187. The van der Waals surface area contributed by atoms with Crippen LogP contribution in [0.5, 0.6) is 11.5 Å². The van der Waals surface area contributed by atoms with Gasteiger partial charge >= 0.3 is 0 Å². The molecule has 0 aliphatic carbocycles. The SMILES string of the molecule is O=C(NN(CCc1ccc2c(c1)OCO2)Cc1ccncc1)c1cccnc1. The second-order valence-corrected chi connectivity index (χ2v) is 6.40. The van der Waals surface area contributed by atoms with Crippen molar-refractivity contribution in [1.29, 1.82) is 0 Å². The van der Waals surface area contributed by atoms with Crippen LogP contribution in [0.1, 0.15) is 21.5 Å². The van der Waals surface area contributed by atoms with Crippen molar-refractivity contribution >= 4 is 5.91 Å². The molecule has 3 heterocycles. The highest BCUT2D eigenvalue weighted by molar-refractivity contribution is 5.93. The number of benzene rings is 1. The van der Waals surface area contributed by atoms with Gasteiger partial charge in [0.05, 0.1) is 5.56 Å². The first-order valence-corrected chi connectivity index (χ1v) is 9.01. The number of hydrogen-bond donors (Lipinski definition) is 1. The predicted octanol–water partition coefficient (Wildman–Crippen LogP) is 2.60. The fourth-order valence-electron chi connectivity index (χ4n) is 2.95. The number of hydrazine groups is 1. The van der Waals surface area contributed by atoms with E-state index in [2.05, 4.69) is 15.4 Å². The van der Waals surface area contributed by atoms with E-state index in [-0.39, 0.29) is 12.7 Å². The van der Waals surface area contributed by atoms with Crippen LogP contribution in [-0.2, 0) is 13.0 Å². The number of ether oxygens (including phenoxy) is 2. The van der Waals surface area contributed by atoms with E-state index >= 15 is 0 Å². The van der Waals surface area contributed by atoms with Gasteiger partial charge in [0, 0.05) is 37.9 Å². The van der Waals surface area contributed by atoms with Gasteiger partial charge in [-0.2, -0.15) is 0 Å². The van der Waals surface area contributed by atoms with Crippen molar-refractivity contribution in [3.63, 3.8) is 0 Å². The smallest absolute Gasteiger partial charge is 0.267 e. The lowest BCUT2D eigenvalue weighted by Gasteiger charge is -2.23. The van der Waals surface area contributed by atoms with E-state index < -0.39 is 0 Å². The summed E-state index contributed by atoms with van der Waals surface area (Å²) in [5.74, 6) is 1.34. The Morgan fingerprint density at radius 1 is 1.00 bits per heavy atom. The summed E-state index contributed by atoms with van der Waals surface area (Å²) in [5.41, 5.74) is 5.67. The summed E-state index contributed by atoms with van der Waals surface area (Å²) in [5, 5.41) is 1.90. The van der Waals surface area contributed by atoms with Gasteiger partial charge in [-0.3, -0.25) is 20.2 Å². The first kappa shape index (κ1) is 17.9. The standard InChI is InChI=1S/C21H20N4O3/c26-21(18-2-1-8-23-13-18)24-25(14-17-5-9-22-10-6-17)11-7-16-3-4-19-20(12-16)28-15-27-19/h1-6,8-10,12-13H,7,11,14-15H2,(H,24,26). The summed E-state index contributed by atoms with van der Waals surface area (Å²) in [7, 11) is 0. The number of fused-ring (bicyclic) bond motifs is 1. The zero-order valence-electron chi connectivity index (χ0n) is 15.2. The van der Waals surface area contributed by atoms with E-state index in [4.69, 9.17) is 9.47 Å². The van der Waals surface area contributed by atoms with Gasteiger partial charge in [0.25, 0.3) is 5.91 Å². The molecule has 0 saturated heterocycles. The number of nitrogens with one attached hydrogen (secondary N) is 1. The van der Waals surface area contributed by atoms with Gasteiger partial charge in [0.2, 0.25) is 6.79 Å². The fraction of sp³-hybridized carbons (Fsp3) is 0.190. The molecule has 7 heteroatoms. The normalized spacial score (nSPS) is 12.2.